The number of anilines is 1. The molecule has 0 unspecified atom stereocenters. The summed E-state index contributed by atoms with van der Waals surface area (Å²) in [7, 11) is 0. The van der Waals surface area contributed by atoms with Gasteiger partial charge in [-0.15, -0.1) is 22.7 Å². The zero-order valence-electron chi connectivity index (χ0n) is 8.98. The first-order valence-electron chi connectivity index (χ1n) is 4.87. The van der Waals surface area contributed by atoms with E-state index in [-0.39, 0.29) is 5.91 Å². The molecule has 0 aliphatic carbocycles. The largest absolute Gasteiger partial charge is 0.296 e. The van der Waals surface area contributed by atoms with Gasteiger partial charge in [0.15, 0.2) is 5.13 Å². The van der Waals surface area contributed by atoms with E-state index in [0.717, 1.165) is 17.1 Å². The van der Waals surface area contributed by atoms with Gasteiger partial charge >= 0.3 is 0 Å². The SMILES string of the molecule is CCc1csc(NC(=O)c2csc(C)n2)n1. The van der Waals surface area contributed by atoms with Gasteiger partial charge in [-0.1, -0.05) is 6.92 Å². The number of hydrogen-bond acceptors (Lipinski definition) is 5. The van der Waals surface area contributed by atoms with Crippen LogP contribution in [0, 0.1) is 6.92 Å². The molecule has 1 amide bonds. The summed E-state index contributed by atoms with van der Waals surface area (Å²) in [5, 5.41) is 7.95. The third-order valence-electron chi connectivity index (χ3n) is 1.99. The number of aromatic nitrogens is 2. The smallest absolute Gasteiger partial charge is 0.276 e. The fraction of sp³-hybridized carbons (Fsp3) is 0.300. The maximum atomic E-state index is 11.7. The van der Waals surface area contributed by atoms with E-state index < -0.39 is 0 Å². The standard InChI is InChI=1S/C10H11N3OS2/c1-3-7-4-16-10(12-7)13-9(14)8-5-15-6(2)11-8/h4-5H,3H2,1-2H3,(H,12,13,14). The highest BCUT2D eigenvalue weighted by molar-refractivity contribution is 7.14. The van der Waals surface area contributed by atoms with Crippen LogP contribution in [0.1, 0.15) is 28.1 Å². The number of carbonyl (C=O) groups excluding carboxylic acids is 1. The van der Waals surface area contributed by atoms with Crippen molar-refractivity contribution in [1.29, 1.82) is 0 Å². The number of nitrogens with one attached hydrogen (secondary N) is 1. The van der Waals surface area contributed by atoms with E-state index in [1.54, 1.807) is 5.38 Å². The highest BCUT2D eigenvalue weighted by Crippen LogP contribution is 2.17. The molecule has 0 aliphatic rings. The fourth-order valence-electron chi connectivity index (χ4n) is 1.16. The Morgan fingerprint density at radius 2 is 2.19 bits per heavy atom. The second kappa shape index (κ2) is 4.71. The summed E-state index contributed by atoms with van der Waals surface area (Å²) in [4.78, 5) is 20.1. The summed E-state index contributed by atoms with van der Waals surface area (Å²) < 4.78 is 0. The molecule has 0 saturated heterocycles. The van der Waals surface area contributed by atoms with Gasteiger partial charge in [-0.2, -0.15) is 0 Å². The molecule has 0 atom stereocenters. The molecule has 0 fully saturated rings. The molecule has 1 N–H and O–H groups in total. The van der Waals surface area contributed by atoms with Crippen molar-refractivity contribution in [2.75, 3.05) is 5.32 Å². The number of hydrogen-bond donors (Lipinski definition) is 1. The predicted molar refractivity (Wildman–Crippen MR) is 66.3 cm³/mol. The Bertz CT molecular complexity index is 504. The van der Waals surface area contributed by atoms with Gasteiger partial charge in [-0.05, 0) is 13.3 Å². The molecule has 2 aromatic rings. The highest BCUT2D eigenvalue weighted by atomic mass is 32.1. The molecule has 6 heteroatoms. The molecule has 0 aromatic carbocycles. The van der Waals surface area contributed by atoms with E-state index in [2.05, 4.69) is 15.3 Å². The van der Waals surface area contributed by atoms with Crippen molar-refractivity contribution in [1.82, 2.24) is 9.97 Å². The fourth-order valence-corrected chi connectivity index (χ4v) is 2.54. The maximum absolute atomic E-state index is 11.7. The number of thiazole rings is 2. The summed E-state index contributed by atoms with van der Waals surface area (Å²) >= 11 is 2.90. The van der Waals surface area contributed by atoms with Crippen LogP contribution in [0.5, 0.6) is 0 Å². The van der Waals surface area contributed by atoms with Crippen LogP contribution in [0.2, 0.25) is 0 Å². The summed E-state index contributed by atoms with van der Waals surface area (Å²) in [6, 6.07) is 0. The zero-order chi connectivity index (χ0) is 11.5. The first-order chi connectivity index (χ1) is 7.69. The third-order valence-corrected chi connectivity index (χ3v) is 3.57. The number of carbonyl (C=O) groups is 1. The van der Waals surface area contributed by atoms with Gasteiger partial charge in [0.2, 0.25) is 0 Å². The maximum Gasteiger partial charge on any atom is 0.276 e. The molecule has 4 nitrogen and oxygen atoms in total. The molecule has 84 valence electrons. The Labute approximate surface area is 101 Å². The van der Waals surface area contributed by atoms with Gasteiger partial charge in [0.05, 0.1) is 10.7 Å². The molecule has 0 saturated carbocycles. The Hall–Kier alpha value is -1.27. The average Bonchev–Trinajstić information content (AvgIpc) is 2.87. The molecular formula is C10H11N3OS2. The van der Waals surface area contributed by atoms with Crippen molar-refractivity contribution in [3.63, 3.8) is 0 Å². The van der Waals surface area contributed by atoms with Crippen LogP contribution in [-0.4, -0.2) is 15.9 Å². The van der Waals surface area contributed by atoms with Crippen LogP contribution in [0.15, 0.2) is 10.8 Å². The van der Waals surface area contributed by atoms with Crippen molar-refractivity contribution in [2.24, 2.45) is 0 Å². The number of rotatable bonds is 3. The Balaban J connectivity index is 2.07. The predicted octanol–water partition coefficient (Wildman–Crippen LogP) is 2.72. The Kier molecular flexibility index (Phi) is 3.31. The van der Waals surface area contributed by atoms with Crippen molar-refractivity contribution >= 4 is 33.7 Å². The van der Waals surface area contributed by atoms with E-state index in [0.29, 0.717) is 10.8 Å². The third kappa shape index (κ3) is 2.45. The molecule has 0 spiro atoms. The minimum Gasteiger partial charge on any atom is -0.296 e. The Morgan fingerprint density at radius 3 is 2.75 bits per heavy atom. The van der Waals surface area contributed by atoms with E-state index in [1.165, 1.54) is 22.7 Å². The number of nitrogens with zero attached hydrogens (tertiary/aromatic N) is 2. The molecule has 16 heavy (non-hydrogen) atoms. The summed E-state index contributed by atoms with van der Waals surface area (Å²) in [5.41, 5.74) is 1.45. The zero-order valence-corrected chi connectivity index (χ0v) is 10.6. The van der Waals surface area contributed by atoms with Gasteiger partial charge < -0.3 is 0 Å². The summed E-state index contributed by atoms with van der Waals surface area (Å²) in [6.07, 6.45) is 0.877. The first-order valence-corrected chi connectivity index (χ1v) is 6.63. The van der Waals surface area contributed by atoms with E-state index in [1.807, 2.05) is 19.2 Å². The first kappa shape index (κ1) is 11.2. The van der Waals surface area contributed by atoms with Crippen LogP contribution < -0.4 is 5.32 Å². The molecule has 2 heterocycles. The van der Waals surface area contributed by atoms with Gasteiger partial charge in [-0.3, -0.25) is 10.1 Å². The van der Waals surface area contributed by atoms with Crippen molar-refractivity contribution in [2.45, 2.75) is 20.3 Å². The average molecular weight is 253 g/mol. The summed E-state index contributed by atoms with van der Waals surface area (Å²) in [5.74, 6) is -0.193. The lowest BCUT2D eigenvalue weighted by molar-refractivity contribution is 0.102. The molecule has 0 bridgehead atoms. The minimum atomic E-state index is -0.193. The lowest BCUT2D eigenvalue weighted by atomic mass is 10.4. The van der Waals surface area contributed by atoms with Crippen molar-refractivity contribution in [3.05, 3.63) is 27.2 Å². The number of amides is 1. The lowest BCUT2D eigenvalue weighted by Gasteiger charge is -1.96. The van der Waals surface area contributed by atoms with Gasteiger partial charge in [0.25, 0.3) is 5.91 Å². The van der Waals surface area contributed by atoms with Crippen LogP contribution >= 0.6 is 22.7 Å². The quantitative estimate of drug-likeness (QED) is 0.915. The van der Waals surface area contributed by atoms with Crippen LogP contribution in [0.3, 0.4) is 0 Å². The molecule has 2 aromatic heterocycles. The Morgan fingerprint density at radius 1 is 1.38 bits per heavy atom. The van der Waals surface area contributed by atoms with Crippen LogP contribution in [0.25, 0.3) is 0 Å². The molecular weight excluding hydrogens is 242 g/mol. The second-order valence-electron chi connectivity index (χ2n) is 3.20. The van der Waals surface area contributed by atoms with Gasteiger partial charge in [-0.25, -0.2) is 9.97 Å². The second-order valence-corrected chi connectivity index (χ2v) is 5.12. The van der Waals surface area contributed by atoms with Gasteiger partial charge in [0.1, 0.15) is 5.69 Å². The molecule has 0 aliphatic heterocycles. The van der Waals surface area contributed by atoms with Crippen molar-refractivity contribution in [3.8, 4) is 0 Å². The molecule has 0 radical (unpaired) electrons. The van der Waals surface area contributed by atoms with Gasteiger partial charge in [0, 0.05) is 10.8 Å². The minimum absolute atomic E-state index is 0.193. The highest BCUT2D eigenvalue weighted by Gasteiger charge is 2.11. The monoisotopic (exact) mass is 253 g/mol. The summed E-state index contributed by atoms with van der Waals surface area (Å²) in [6.45, 7) is 3.91. The van der Waals surface area contributed by atoms with Crippen LogP contribution in [-0.2, 0) is 6.42 Å². The van der Waals surface area contributed by atoms with Crippen molar-refractivity contribution < 1.29 is 4.79 Å². The van der Waals surface area contributed by atoms with E-state index >= 15 is 0 Å². The normalized spacial score (nSPS) is 10.4. The molecule has 2 rings (SSSR count). The van der Waals surface area contributed by atoms with E-state index in [9.17, 15) is 4.79 Å². The number of aryl methyl sites for hydroxylation is 2. The van der Waals surface area contributed by atoms with E-state index in [4.69, 9.17) is 0 Å². The van der Waals surface area contributed by atoms with Crippen LogP contribution in [0.4, 0.5) is 5.13 Å². The lowest BCUT2D eigenvalue weighted by Crippen LogP contribution is -2.12. The topological polar surface area (TPSA) is 54.9 Å².